The van der Waals surface area contributed by atoms with Gasteiger partial charge in [0.05, 0.1) is 11.7 Å². The largest absolute Gasteiger partial charge is 0.324 e. The van der Waals surface area contributed by atoms with Gasteiger partial charge in [0.25, 0.3) is 0 Å². The van der Waals surface area contributed by atoms with E-state index in [1.54, 1.807) is 31.2 Å². The number of benzene rings is 1. The molecule has 0 spiro atoms. The third-order valence-corrected chi connectivity index (χ3v) is 2.44. The Hall–Kier alpha value is -1.68. The Kier molecular flexibility index (Phi) is 5.36. The summed E-state index contributed by atoms with van der Waals surface area (Å²) in [5.74, 6) is -0.132. The molecule has 4 heteroatoms. The van der Waals surface area contributed by atoms with Gasteiger partial charge in [-0.2, -0.15) is 0 Å². The molecule has 0 radical (unpaired) electrons. The smallest absolute Gasteiger partial charge is 0.241 e. The van der Waals surface area contributed by atoms with Crippen LogP contribution in [0.5, 0.6) is 0 Å². The molecule has 0 aromatic heterocycles. The second-order valence-electron chi connectivity index (χ2n) is 3.87. The lowest BCUT2D eigenvalue weighted by atomic mass is 10.2. The minimum atomic E-state index is -0.269. The highest BCUT2D eigenvalue weighted by Crippen LogP contribution is 2.12. The third kappa shape index (κ3) is 4.00. The summed E-state index contributed by atoms with van der Waals surface area (Å²) in [5, 5.41) is 5.83. The van der Waals surface area contributed by atoms with Crippen LogP contribution in [0, 0.1) is 0 Å². The molecule has 92 valence electrons. The molecule has 0 bridgehead atoms. The van der Waals surface area contributed by atoms with Crippen molar-refractivity contribution in [1.29, 1.82) is 0 Å². The number of anilines is 1. The molecule has 1 unspecified atom stereocenters. The van der Waals surface area contributed by atoms with Gasteiger partial charge in [0.2, 0.25) is 5.91 Å². The van der Waals surface area contributed by atoms with E-state index in [4.69, 9.17) is 0 Å². The SMILES string of the molecule is CCCNC(C)C(=O)Nc1ccccc1C=O. The summed E-state index contributed by atoms with van der Waals surface area (Å²) >= 11 is 0. The van der Waals surface area contributed by atoms with Crippen molar-refractivity contribution in [3.63, 3.8) is 0 Å². The van der Waals surface area contributed by atoms with Crippen LogP contribution >= 0.6 is 0 Å². The Balaban J connectivity index is 2.64. The number of para-hydroxylation sites is 1. The fourth-order valence-electron chi connectivity index (χ4n) is 1.41. The zero-order valence-electron chi connectivity index (χ0n) is 10.2. The van der Waals surface area contributed by atoms with Crippen LogP contribution in [-0.2, 0) is 4.79 Å². The first-order chi connectivity index (χ1) is 8.19. The third-order valence-electron chi connectivity index (χ3n) is 2.44. The quantitative estimate of drug-likeness (QED) is 0.738. The Morgan fingerprint density at radius 1 is 1.41 bits per heavy atom. The first-order valence-corrected chi connectivity index (χ1v) is 5.77. The molecule has 0 heterocycles. The van der Waals surface area contributed by atoms with Crippen LogP contribution in [0.15, 0.2) is 24.3 Å². The van der Waals surface area contributed by atoms with Crippen molar-refractivity contribution in [3.05, 3.63) is 29.8 Å². The molecule has 1 aromatic rings. The molecule has 1 atom stereocenters. The van der Waals surface area contributed by atoms with Gasteiger partial charge in [0.1, 0.15) is 0 Å². The molecule has 2 N–H and O–H groups in total. The molecule has 1 amide bonds. The number of nitrogens with one attached hydrogen (secondary N) is 2. The first kappa shape index (κ1) is 13.4. The molecule has 4 nitrogen and oxygen atoms in total. The fraction of sp³-hybridized carbons (Fsp3) is 0.385. The average Bonchev–Trinajstić information content (AvgIpc) is 2.36. The lowest BCUT2D eigenvalue weighted by molar-refractivity contribution is -0.117. The zero-order valence-corrected chi connectivity index (χ0v) is 10.2. The topological polar surface area (TPSA) is 58.2 Å². The van der Waals surface area contributed by atoms with E-state index in [-0.39, 0.29) is 11.9 Å². The summed E-state index contributed by atoms with van der Waals surface area (Å²) in [4.78, 5) is 22.6. The van der Waals surface area contributed by atoms with Crippen LogP contribution in [0.4, 0.5) is 5.69 Å². The van der Waals surface area contributed by atoms with Crippen LogP contribution in [0.3, 0.4) is 0 Å². The maximum atomic E-state index is 11.8. The first-order valence-electron chi connectivity index (χ1n) is 5.77. The van der Waals surface area contributed by atoms with E-state index in [0.717, 1.165) is 19.3 Å². The minimum absolute atomic E-state index is 0.132. The van der Waals surface area contributed by atoms with Gasteiger partial charge in [-0.3, -0.25) is 9.59 Å². The molecule has 1 aromatic carbocycles. The van der Waals surface area contributed by atoms with Crippen molar-refractivity contribution in [2.75, 3.05) is 11.9 Å². The van der Waals surface area contributed by atoms with Gasteiger partial charge in [-0.15, -0.1) is 0 Å². The Morgan fingerprint density at radius 2 is 2.12 bits per heavy atom. The van der Waals surface area contributed by atoms with Crippen LogP contribution < -0.4 is 10.6 Å². The van der Waals surface area contributed by atoms with E-state index in [0.29, 0.717) is 11.3 Å². The highest BCUT2D eigenvalue weighted by molar-refractivity contribution is 5.98. The van der Waals surface area contributed by atoms with Crippen LogP contribution in [0.1, 0.15) is 30.6 Å². The van der Waals surface area contributed by atoms with Crippen molar-refractivity contribution >= 4 is 17.9 Å². The average molecular weight is 234 g/mol. The summed E-state index contributed by atoms with van der Waals surface area (Å²) in [5.41, 5.74) is 1.04. The molecule has 17 heavy (non-hydrogen) atoms. The van der Waals surface area contributed by atoms with Gasteiger partial charge >= 0.3 is 0 Å². The van der Waals surface area contributed by atoms with Gasteiger partial charge in [0, 0.05) is 5.56 Å². The van der Waals surface area contributed by atoms with Crippen molar-refractivity contribution < 1.29 is 9.59 Å². The summed E-state index contributed by atoms with van der Waals surface area (Å²) in [7, 11) is 0. The molecule has 1 rings (SSSR count). The monoisotopic (exact) mass is 234 g/mol. The highest BCUT2D eigenvalue weighted by atomic mass is 16.2. The van der Waals surface area contributed by atoms with E-state index in [1.807, 2.05) is 6.92 Å². The molecule has 0 saturated heterocycles. The standard InChI is InChI=1S/C13H18N2O2/c1-3-8-14-10(2)13(17)15-12-7-5-4-6-11(12)9-16/h4-7,9-10,14H,3,8H2,1-2H3,(H,15,17). The predicted octanol–water partition coefficient (Wildman–Crippen LogP) is 1.83. The van der Waals surface area contributed by atoms with Crippen molar-refractivity contribution in [2.45, 2.75) is 26.3 Å². The van der Waals surface area contributed by atoms with E-state index in [1.165, 1.54) is 0 Å². The summed E-state index contributed by atoms with van der Waals surface area (Å²) < 4.78 is 0. The molecule has 0 aliphatic rings. The summed E-state index contributed by atoms with van der Waals surface area (Å²) in [6.07, 6.45) is 1.71. The van der Waals surface area contributed by atoms with Crippen molar-refractivity contribution in [1.82, 2.24) is 5.32 Å². The second-order valence-corrected chi connectivity index (χ2v) is 3.87. The zero-order chi connectivity index (χ0) is 12.7. The van der Waals surface area contributed by atoms with Crippen LogP contribution in [0.2, 0.25) is 0 Å². The van der Waals surface area contributed by atoms with E-state index >= 15 is 0 Å². The number of aldehydes is 1. The maximum absolute atomic E-state index is 11.8. The van der Waals surface area contributed by atoms with E-state index < -0.39 is 0 Å². The molecule has 0 aliphatic carbocycles. The molecular weight excluding hydrogens is 216 g/mol. The van der Waals surface area contributed by atoms with Gasteiger partial charge < -0.3 is 10.6 Å². The van der Waals surface area contributed by atoms with Crippen molar-refractivity contribution in [2.24, 2.45) is 0 Å². The Bertz CT molecular complexity index is 391. The predicted molar refractivity (Wildman–Crippen MR) is 68.2 cm³/mol. The van der Waals surface area contributed by atoms with Crippen molar-refractivity contribution in [3.8, 4) is 0 Å². The number of hydrogen-bond donors (Lipinski definition) is 2. The van der Waals surface area contributed by atoms with E-state index in [2.05, 4.69) is 10.6 Å². The Labute approximate surface area is 101 Å². The second kappa shape index (κ2) is 6.81. The number of hydrogen-bond acceptors (Lipinski definition) is 3. The van der Waals surface area contributed by atoms with Gasteiger partial charge in [0.15, 0.2) is 6.29 Å². The van der Waals surface area contributed by atoms with Crippen LogP contribution in [0.25, 0.3) is 0 Å². The molecular formula is C13H18N2O2. The lowest BCUT2D eigenvalue weighted by Gasteiger charge is -2.14. The number of amides is 1. The van der Waals surface area contributed by atoms with Gasteiger partial charge in [-0.25, -0.2) is 0 Å². The van der Waals surface area contributed by atoms with Gasteiger partial charge in [-0.1, -0.05) is 19.1 Å². The normalized spacial score (nSPS) is 11.9. The minimum Gasteiger partial charge on any atom is -0.324 e. The summed E-state index contributed by atoms with van der Waals surface area (Å²) in [6.45, 7) is 4.64. The van der Waals surface area contributed by atoms with Gasteiger partial charge in [-0.05, 0) is 32.0 Å². The number of carbonyl (C=O) groups is 2. The number of carbonyl (C=O) groups excluding carboxylic acids is 2. The fourth-order valence-corrected chi connectivity index (χ4v) is 1.41. The van der Waals surface area contributed by atoms with E-state index in [9.17, 15) is 9.59 Å². The Morgan fingerprint density at radius 3 is 2.76 bits per heavy atom. The summed E-state index contributed by atoms with van der Waals surface area (Å²) in [6, 6.07) is 6.67. The number of rotatable bonds is 6. The molecule has 0 aliphatic heterocycles. The molecule has 0 saturated carbocycles. The molecule has 0 fully saturated rings. The maximum Gasteiger partial charge on any atom is 0.241 e. The van der Waals surface area contributed by atoms with Crippen LogP contribution in [-0.4, -0.2) is 24.8 Å². The lowest BCUT2D eigenvalue weighted by Crippen LogP contribution is -2.38. The highest BCUT2D eigenvalue weighted by Gasteiger charge is 2.12.